The van der Waals surface area contributed by atoms with Gasteiger partial charge in [-0.05, 0) is 25.5 Å². The minimum atomic E-state index is -3.35. The van der Waals surface area contributed by atoms with Crippen LogP contribution in [0.3, 0.4) is 0 Å². The van der Waals surface area contributed by atoms with Gasteiger partial charge in [0.25, 0.3) is 0 Å². The molecular weight excluding hydrogens is 226 g/mol. The molecule has 0 aliphatic carbocycles. The topological polar surface area (TPSA) is 63.2 Å². The molecule has 4 nitrogen and oxygen atoms in total. The van der Waals surface area contributed by atoms with Gasteiger partial charge in [-0.2, -0.15) is 0 Å². The van der Waals surface area contributed by atoms with Crippen LogP contribution in [0.25, 0.3) is 0 Å². The Morgan fingerprint density at radius 2 is 1.88 bits per heavy atom. The van der Waals surface area contributed by atoms with Crippen LogP contribution in [0.2, 0.25) is 0 Å². The second-order valence-corrected chi connectivity index (χ2v) is 6.14. The summed E-state index contributed by atoms with van der Waals surface area (Å²) in [7, 11) is -3.35. The van der Waals surface area contributed by atoms with E-state index in [1.165, 1.54) is 6.92 Å². The molecule has 1 N–H and O–H groups in total. The van der Waals surface area contributed by atoms with E-state index < -0.39 is 21.0 Å². The zero-order chi connectivity index (χ0) is 12.3. The molecule has 0 bridgehead atoms. The summed E-state index contributed by atoms with van der Waals surface area (Å²) in [5.74, 6) is -0.503. The highest BCUT2D eigenvalue weighted by molar-refractivity contribution is 7.92. The van der Waals surface area contributed by atoms with E-state index in [0.717, 1.165) is 11.8 Å². The van der Waals surface area contributed by atoms with E-state index >= 15 is 0 Å². The summed E-state index contributed by atoms with van der Waals surface area (Å²) in [6.07, 6.45) is 1.05. The molecule has 88 valence electrons. The number of sulfone groups is 1. The maximum Gasteiger partial charge on any atom is 0.242 e. The first kappa shape index (κ1) is 12.7. The Balaban J connectivity index is 2.84. The van der Waals surface area contributed by atoms with Crippen LogP contribution in [-0.2, 0) is 14.6 Å². The minimum Gasteiger partial charge on any atom is -0.325 e. The highest BCUT2D eigenvalue weighted by Gasteiger charge is 2.23. The first-order valence-electron chi connectivity index (χ1n) is 4.87. The lowest BCUT2D eigenvalue weighted by Crippen LogP contribution is -2.31. The number of aryl methyl sites for hydroxylation is 1. The van der Waals surface area contributed by atoms with Crippen LogP contribution in [0.1, 0.15) is 12.5 Å². The van der Waals surface area contributed by atoms with Gasteiger partial charge in [0.1, 0.15) is 5.25 Å². The minimum absolute atomic E-state index is 0.503. The fraction of sp³-hybridized carbons (Fsp3) is 0.364. The van der Waals surface area contributed by atoms with Gasteiger partial charge in [-0.3, -0.25) is 4.79 Å². The number of hydrogen-bond acceptors (Lipinski definition) is 3. The largest absolute Gasteiger partial charge is 0.325 e. The number of benzene rings is 1. The fourth-order valence-electron chi connectivity index (χ4n) is 1.14. The molecule has 0 heterocycles. The predicted octanol–water partition coefficient (Wildman–Crippen LogP) is 1.37. The van der Waals surface area contributed by atoms with Crippen LogP contribution in [0.5, 0.6) is 0 Å². The monoisotopic (exact) mass is 241 g/mol. The Hall–Kier alpha value is -1.36. The van der Waals surface area contributed by atoms with Crippen molar-refractivity contribution in [2.75, 3.05) is 11.6 Å². The molecule has 1 rings (SSSR count). The van der Waals surface area contributed by atoms with Crippen molar-refractivity contribution in [3.05, 3.63) is 29.8 Å². The molecule has 0 aliphatic rings. The molecule has 1 unspecified atom stereocenters. The molecule has 0 saturated heterocycles. The van der Waals surface area contributed by atoms with Crippen molar-refractivity contribution in [1.82, 2.24) is 0 Å². The van der Waals surface area contributed by atoms with Crippen molar-refractivity contribution in [3.8, 4) is 0 Å². The van der Waals surface area contributed by atoms with E-state index in [-0.39, 0.29) is 0 Å². The molecule has 16 heavy (non-hydrogen) atoms. The molecule has 1 atom stereocenters. The number of carbonyl (C=O) groups is 1. The third-order valence-corrected chi connectivity index (χ3v) is 3.91. The summed E-state index contributed by atoms with van der Waals surface area (Å²) in [4.78, 5) is 11.6. The Kier molecular flexibility index (Phi) is 3.70. The Morgan fingerprint density at radius 1 is 1.31 bits per heavy atom. The van der Waals surface area contributed by atoms with Crippen molar-refractivity contribution < 1.29 is 13.2 Å². The summed E-state index contributed by atoms with van der Waals surface area (Å²) in [5.41, 5.74) is 1.54. The van der Waals surface area contributed by atoms with Crippen molar-refractivity contribution in [2.24, 2.45) is 0 Å². The Bertz CT molecular complexity index is 494. The van der Waals surface area contributed by atoms with Crippen molar-refractivity contribution in [2.45, 2.75) is 19.1 Å². The molecule has 1 aromatic carbocycles. The lowest BCUT2D eigenvalue weighted by Gasteiger charge is -2.11. The Morgan fingerprint density at radius 3 is 2.38 bits per heavy atom. The van der Waals surface area contributed by atoms with E-state index in [2.05, 4.69) is 5.32 Å². The van der Waals surface area contributed by atoms with Crippen LogP contribution in [-0.4, -0.2) is 25.8 Å². The summed E-state index contributed by atoms with van der Waals surface area (Å²) in [5, 5.41) is 1.56. The van der Waals surface area contributed by atoms with Gasteiger partial charge >= 0.3 is 0 Å². The molecule has 0 spiro atoms. The Labute approximate surface area is 95.6 Å². The second kappa shape index (κ2) is 4.65. The zero-order valence-corrected chi connectivity index (χ0v) is 10.3. The summed E-state index contributed by atoms with van der Waals surface area (Å²) in [6, 6.07) is 7.22. The summed E-state index contributed by atoms with van der Waals surface area (Å²) >= 11 is 0. The number of amides is 1. The quantitative estimate of drug-likeness (QED) is 0.869. The molecule has 0 saturated carbocycles. The van der Waals surface area contributed by atoms with Crippen molar-refractivity contribution in [3.63, 3.8) is 0 Å². The van der Waals surface area contributed by atoms with Gasteiger partial charge in [-0.15, -0.1) is 0 Å². The van der Waals surface area contributed by atoms with Crippen LogP contribution >= 0.6 is 0 Å². The molecule has 1 amide bonds. The van der Waals surface area contributed by atoms with Gasteiger partial charge in [0.2, 0.25) is 5.91 Å². The smallest absolute Gasteiger partial charge is 0.242 e. The van der Waals surface area contributed by atoms with E-state index in [4.69, 9.17) is 0 Å². The normalized spacial score (nSPS) is 13.2. The molecule has 0 fully saturated rings. The molecule has 0 aromatic heterocycles. The average molecular weight is 241 g/mol. The van der Waals surface area contributed by atoms with E-state index in [9.17, 15) is 13.2 Å². The lowest BCUT2D eigenvalue weighted by molar-refractivity contribution is -0.115. The molecular formula is C11H15NO3S. The van der Waals surface area contributed by atoms with E-state index in [1.807, 2.05) is 19.1 Å². The number of hydrogen-bond donors (Lipinski definition) is 1. The van der Waals surface area contributed by atoms with Gasteiger partial charge in [-0.1, -0.05) is 18.2 Å². The number of carbonyl (C=O) groups excluding carboxylic acids is 1. The highest BCUT2D eigenvalue weighted by atomic mass is 32.2. The van der Waals surface area contributed by atoms with Crippen molar-refractivity contribution in [1.29, 1.82) is 0 Å². The predicted molar refractivity (Wildman–Crippen MR) is 64.1 cm³/mol. The molecule has 1 aromatic rings. The van der Waals surface area contributed by atoms with Gasteiger partial charge in [-0.25, -0.2) is 8.42 Å². The fourth-order valence-corrected chi connectivity index (χ4v) is 1.59. The van der Waals surface area contributed by atoms with Crippen LogP contribution in [0.4, 0.5) is 5.69 Å². The molecule has 0 aliphatic heterocycles. The van der Waals surface area contributed by atoms with Crippen LogP contribution in [0.15, 0.2) is 24.3 Å². The number of nitrogens with one attached hydrogen (secondary N) is 1. The van der Waals surface area contributed by atoms with E-state index in [1.54, 1.807) is 12.1 Å². The number of para-hydroxylation sites is 1. The molecule has 0 radical (unpaired) electrons. The van der Waals surface area contributed by atoms with Crippen LogP contribution in [0, 0.1) is 6.92 Å². The SMILES string of the molecule is Cc1ccccc1NC(=O)C(C)S(C)(=O)=O. The first-order valence-corrected chi connectivity index (χ1v) is 6.83. The third kappa shape index (κ3) is 3.06. The molecule has 5 heteroatoms. The third-order valence-electron chi connectivity index (χ3n) is 2.41. The standard InChI is InChI=1S/C11H15NO3S/c1-8-6-4-5-7-10(8)12-11(13)9(2)16(3,14)15/h4-7,9H,1-3H3,(H,12,13). The van der Waals surface area contributed by atoms with Gasteiger partial charge < -0.3 is 5.32 Å². The van der Waals surface area contributed by atoms with Gasteiger partial charge in [0.05, 0.1) is 0 Å². The van der Waals surface area contributed by atoms with Gasteiger partial charge in [0.15, 0.2) is 9.84 Å². The summed E-state index contributed by atoms with van der Waals surface area (Å²) < 4.78 is 22.4. The maximum atomic E-state index is 11.6. The van der Waals surface area contributed by atoms with E-state index in [0.29, 0.717) is 5.69 Å². The zero-order valence-electron chi connectivity index (χ0n) is 9.52. The van der Waals surface area contributed by atoms with Gasteiger partial charge in [0, 0.05) is 11.9 Å². The average Bonchev–Trinajstić information content (AvgIpc) is 2.19. The highest BCUT2D eigenvalue weighted by Crippen LogP contribution is 2.14. The second-order valence-electron chi connectivity index (χ2n) is 3.78. The van der Waals surface area contributed by atoms with Crippen LogP contribution < -0.4 is 5.32 Å². The number of rotatable bonds is 3. The number of anilines is 1. The first-order chi connectivity index (χ1) is 7.32. The maximum absolute atomic E-state index is 11.6. The lowest BCUT2D eigenvalue weighted by atomic mass is 10.2. The summed E-state index contributed by atoms with van der Waals surface area (Å²) in [6.45, 7) is 3.23. The van der Waals surface area contributed by atoms with Crippen molar-refractivity contribution >= 4 is 21.4 Å².